The highest BCUT2D eigenvalue weighted by Gasteiger charge is 2.46. The lowest BCUT2D eigenvalue weighted by Crippen LogP contribution is -2.43. The van der Waals surface area contributed by atoms with Crippen molar-refractivity contribution in [3.63, 3.8) is 0 Å². The molecule has 0 saturated heterocycles. The Morgan fingerprint density at radius 2 is 2.12 bits per heavy atom. The van der Waals surface area contributed by atoms with Crippen LogP contribution in [0.15, 0.2) is 11.6 Å². The van der Waals surface area contributed by atoms with Gasteiger partial charge in [0, 0.05) is 12.3 Å². The van der Waals surface area contributed by atoms with Crippen molar-refractivity contribution in [2.75, 3.05) is 0 Å². The molecule has 1 nitrogen and oxygen atoms in total. The minimum Gasteiger partial charge on any atom is -0.299 e. The van der Waals surface area contributed by atoms with Gasteiger partial charge in [-0.2, -0.15) is 0 Å². The van der Waals surface area contributed by atoms with E-state index in [0.717, 1.165) is 12.8 Å². The van der Waals surface area contributed by atoms with Crippen LogP contribution in [0.5, 0.6) is 0 Å². The molecule has 0 bridgehead atoms. The summed E-state index contributed by atoms with van der Waals surface area (Å²) in [6, 6.07) is 0. The molecule has 2 rings (SSSR count). The van der Waals surface area contributed by atoms with Crippen molar-refractivity contribution in [1.29, 1.82) is 0 Å². The maximum atomic E-state index is 12.2. The highest BCUT2D eigenvalue weighted by Crippen LogP contribution is 2.51. The zero-order valence-corrected chi connectivity index (χ0v) is 11.0. The molecule has 0 aromatic heterocycles. The highest BCUT2D eigenvalue weighted by molar-refractivity contribution is 5.83. The van der Waals surface area contributed by atoms with Crippen molar-refractivity contribution in [2.45, 2.75) is 53.4 Å². The third-order valence-corrected chi connectivity index (χ3v) is 4.86. The number of allylic oxidation sites excluding steroid dienone is 2. The predicted octanol–water partition coefficient (Wildman–Crippen LogP) is 3.98. The molecule has 0 N–H and O–H groups in total. The number of carbonyl (C=O) groups is 1. The zero-order valence-electron chi connectivity index (χ0n) is 11.0. The van der Waals surface area contributed by atoms with E-state index in [4.69, 9.17) is 0 Å². The van der Waals surface area contributed by atoms with Crippen molar-refractivity contribution in [3.05, 3.63) is 11.6 Å². The quantitative estimate of drug-likeness (QED) is 0.611. The summed E-state index contributed by atoms with van der Waals surface area (Å²) in [6.07, 6.45) is 6.66. The van der Waals surface area contributed by atoms with Gasteiger partial charge >= 0.3 is 0 Å². The minimum atomic E-state index is 0.265. The fourth-order valence-corrected chi connectivity index (χ4v) is 3.74. The maximum Gasteiger partial charge on any atom is 0.136 e. The Hall–Kier alpha value is -0.590. The Bertz CT molecular complexity index is 326. The second-order valence-corrected chi connectivity index (χ2v) is 6.42. The van der Waals surface area contributed by atoms with Crippen molar-refractivity contribution in [3.8, 4) is 0 Å². The molecule has 0 spiro atoms. The van der Waals surface area contributed by atoms with Gasteiger partial charge in [0.2, 0.25) is 0 Å². The summed E-state index contributed by atoms with van der Waals surface area (Å²) in [5.41, 5.74) is 1.80. The first-order valence-corrected chi connectivity index (χ1v) is 6.63. The second kappa shape index (κ2) is 4.01. The lowest BCUT2D eigenvalue weighted by Gasteiger charge is -2.47. The van der Waals surface area contributed by atoms with Gasteiger partial charge in [-0.05, 0) is 43.4 Å². The molecule has 0 amide bonds. The van der Waals surface area contributed by atoms with Crippen molar-refractivity contribution in [1.82, 2.24) is 0 Å². The van der Waals surface area contributed by atoms with E-state index >= 15 is 0 Å². The van der Waals surface area contributed by atoms with E-state index in [1.165, 1.54) is 18.4 Å². The van der Waals surface area contributed by atoms with Crippen molar-refractivity contribution < 1.29 is 4.79 Å². The van der Waals surface area contributed by atoms with Crippen LogP contribution in [0.1, 0.15) is 53.4 Å². The third kappa shape index (κ3) is 1.85. The van der Waals surface area contributed by atoms with E-state index in [0.29, 0.717) is 23.5 Å². The van der Waals surface area contributed by atoms with E-state index in [1.54, 1.807) is 0 Å². The Morgan fingerprint density at radius 1 is 1.44 bits per heavy atom. The zero-order chi connectivity index (χ0) is 11.9. The predicted molar refractivity (Wildman–Crippen MR) is 67.2 cm³/mol. The summed E-state index contributed by atoms with van der Waals surface area (Å²) >= 11 is 0. The van der Waals surface area contributed by atoms with Gasteiger partial charge in [-0.15, -0.1) is 0 Å². The summed E-state index contributed by atoms with van der Waals surface area (Å²) in [4.78, 5) is 12.2. The largest absolute Gasteiger partial charge is 0.299 e. The Labute approximate surface area is 99.3 Å². The smallest absolute Gasteiger partial charge is 0.136 e. The molecule has 0 aliphatic heterocycles. The number of fused-ring (bicyclic) bond motifs is 1. The van der Waals surface area contributed by atoms with Crippen LogP contribution in [0, 0.1) is 23.2 Å². The van der Waals surface area contributed by atoms with Crippen LogP contribution in [0.4, 0.5) is 0 Å². The molecule has 3 atom stereocenters. The number of hydrogen-bond donors (Lipinski definition) is 0. The SMILES string of the molecule is CC1=CCCC2(C)CC(=O)C(C(C)C)CC12. The maximum absolute atomic E-state index is 12.2. The molecule has 3 unspecified atom stereocenters. The first-order valence-electron chi connectivity index (χ1n) is 6.63. The topological polar surface area (TPSA) is 17.1 Å². The fraction of sp³-hybridized carbons (Fsp3) is 0.800. The number of hydrogen-bond acceptors (Lipinski definition) is 1. The molecule has 1 fully saturated rings. The Kier molecular flexibility index (Phi) is 2.98. The van der Waals surface area contributed by atoms with Gasteiger partial charge in [0.25, 0.3) is 0 Å². The van der Waals surface area contributed by atoms with E-state index < -0.39 is 0 Å². The van der Waals surface area contributed by atoms with Crippen molar-refractivity contribution >= 4 is 5.78 Å². The van der Waals surface area contributed by atoms with Crippen LogP contribution in [0.25, 0.3) is 0 Å². The number of Topliss-reactive ketones (excluding diaryl/α,β-unsaturated/α-hetero) is 1. The monoisotopic (exact) mass is 220 g/mol. The lowest BCUT2D eigenvalue weighted by atomic mass is 9.56. The van der Waals surface area contributed by atoms with Gasteiger partial charge < -0.3 is 0 Å². The van der Waals surface area contributed by atoms with E-state index in [-0.39, 0.29) is 5.41 Å². The molecular formula is C15H24O. The third-order valence-electron chi connectivity index (χ3n) is 4.86. The molecule has 0 aromatic carbocycles. The van der Waals surface area contributed by atoms with Crippen LogP contribution in [-0.2, 0) is 4.79 Å². The molecule has 0 heterocycles. The fourth-order valence-electron chi connectivity index (χ4n) is 3.74. The van der Waals surface area contributed by atoms with Gasteiger partial charge in [-0.25, -0.2) is 0 Å². The minimum absolute atomic E-state index is 0.265. The first kappa shape index (κ1) is 11.9. The summed E-state index contributed by atoms with van der Waals surface area (Å²) in [6.45, 7) is 8.96. The first-order chi connectivity index (χ1) is 7.44. The molecule has 2 aliphatic carbocycles. The molecule has 16 heavy (non-hydrogen) atoms. The summed E-state index contributed by atoms with van der Waals surface area (Å²) < 4.78 is 0. The van der Waals surface area contributed by atoms with E-state index in [9.17, 15) is 4.79 Å². The van der Waals surface area contributed by atoms with Gasteiger partial charge in [-0.3, -0.25) is 4.79 Å². The van der Waals surface area contributed by atoms with Crippen LogP contribution in [-0.4, -0.2) is 5.78 Å². The Balaban J connectivity index is 2.26. The van der Waals surface area contributed by atoms with E-state index in [1.807, 2.05) is 0 Å². The van der Waals surface area contributed by atoms with Gasteiger partial charge in [0.05, 0.1) is 0 Å². The van der Waals surface area contributed by atoms with Crippen LogP contribution < -0.4 is 0 Å². The van der Waals surface area contributed by atoms with Gasteiger partial charge in [0.1, 0.15) is 5.78 Å². The molecule has 1 saturated carbocycles. The van der Waals surface area contributed by atoms with Crippen LogP contribution in [0.3, 0.4) is 0 Å². The van der Waals surface area contributed by atoms with Gasteiger partial charge in [-0.1, -0.05) is 32.4 Å². The summed E-state index contributed by atoms with van der Waals surface area (Å²) in [5, 5.41) is 0. The van der Waals surface area contributed by atoms with Crippen LogP contribution >= 0.6 is 0 Å². The molecule has 1 heteroatoms. The normalized spacial score (nSPS) is 39.6. The van der Waals surface area contributed by atoms with Gasteiger partial charge in [0.15, 0.2) is 0 Å². The number of carbonyl (C=O) groups excluding carboxylic acids is 1. The van der Waals surface area contributed by atoms with E-state index in [2.05, 4.69) is 33.8 Å². The molecule has 90 valence electrons. The molecule has 0 radical (unpaired) electrons. The molecule has 2 aliphatic rings. The number of ketones is 1. The highest BCUT2D eigenvalue weighted by atomic mass is 16.1. The summed E-state index contributed by atoms with van der Waals surface area (Å²) in [7, 11) is 0. The Morgan fingerprint density at radius 3 is 2.75 bits per heavy atom. The average molecular weight is 220 g/mol. The summed E-state index contributed by atoms with van der Waals surface area (Å²) in [5.74, 6) is 1.99. The van der Waals surface area contributed by atoms with Crippen molar-refractivity contribution in [2.24, 2.45) is 23.2 Å². The second-order valence-electron chi connectivity index (χ2n) is 6.42. The van der Waals surface area contributed by atoms with Crippen LogP contribution in [0.2, 0.25) is 0 Å². The molecule has 0 aromatic rings. The molecular weight excluding hydrogens is 196 g/mol. The average Bonchev–Trinajstić information content (AvgIpc) is 2.15. The number of rotatable bonds is 1. The lowest BCUT2D eigenvalue weighted by molar-refractivity contribution is -0.132. The standard InChI is InChI=1S/C15H24O/c1-10(2)12-8-13-11(3)6-5-7-15(13,4)9-14(12)16/h6,10,12-13H,5,7-9H2,1-4H3.